The molecule has 6 rings (SSSR count). The molecule has 0 radical (unpaired) electrons. The van der Waals surface area contributed by atoms with Crippen LogP contribution < -0.4 is 15.1 Å². The van der Waals surface area contributed by atoms with Gasteiger partial charge in [-0.05, 0) is 92.8 Å². The van der Waals surface area contributed by atoms with Crippen LogP contribution in [0.5, 0.6) is 5.75 Å². The van der Waals surface area contributed by atoms with Crippen molar-refractivity contribution in [2.75, 3.05) is 26.3 Å². The van der Waals surface area contributed by atoms with Gasteiger partial charge in [-0.25, -0.2) is 4.79 Å². The summed E-state index contributed by atoms with van der Waals surface area (Å²) in [5.41, 5.74) is 1.55. The van der Waals surface area contributed by atoms with Gasteiger partial charge in [-0.15, -0.1) is 0 Å². The summed E-state index contributed by atoms with van der Waals surface area (Å²) in [7, 11) is -2.66. The van der Waals surface area contributed by atoms with Crippen LogP contribution in [0.2, 0.25) is 5.04 Å². The predicted molar refractivity (Wildman–Crippen MR) is 200 cm³/mol. The minimum Gasteiger partial charge on any atom is -0.492 e. The SMILES string of the molecule is CC(C)(C)OC(=O)N1CCC(CCc2noc3c(CO)c(OCC4(CO[Si](c5ccccc5)(c5ccccc5)C(C)(C)C)CC4)ccc23)CC1. The molecule has 1 saturated carbocycles. The Morgan fingerprint density at radius 2 is 1.54 bits per heavy atom. The standard InChI is InChI=1S/C41H54N2O6Si/c1-39(2,3)48-38(45)43-25-21-30(22-26-43)17-19-35-33-18-20-36(34(27-44)37(33)49-42-35)46-28-41(23-24-41)29-47-50(40(4,5)6,31-13-9-7-10-14-31)32-15-11-8-12-16-32/h7-16,18,20,30,44H,17,19,21-29H2,1-6H3. The quantitative estimate of drug-likeness (QED) is 0.152. The maximum absolute atomic E-state index is 12.5. The predicted octanol–water partition coefficient (Wildman–Crippen LogP) is 7.64. The van der Waals surface area contributed by atoms with Crippen molar-refractivity contribution in [2.24, 2.45) is 11.3 Å². The van der Waals surface area contributed by atoms with Gasteiger partial charge in [-0.3, -0.25) is 0 Å². The van der Waals surface area contributed by atoms with E-state index in [1.54, 1.807) is 0 Å². The van der Waals surface area contributed by atoms with Crippen LogP contribution in [-0.2, 0) is 22.2 Å². The highest BCUT2D eigenvalue weighted by molar-refractivity contribution is 6.99. The van der Waals surface area contributed by atoms with Crippen molar-refractivity contribution in [3.8, 4) is 5.75 Å². The number of hydrogen-bond donors (Lipinski definition) is 1. The summed E-state index contributed by atoms with van der Waals surface area (Å²) in [4.78, 5) is 14.3. The van der Waals surface area contributed by atoms with E-state index in [4.69, 9.17) is 18.4 Å². The molecule has 4 aromatic rings. The van der Waals surface area contributed by atoms with E-state index in [-0.39, 0.29) is 23.2 Å². The third-order valence-electron chi connectivity index (χ3n) is 10.5. The Balaban J connectivity index is 1.11. The number of hydrogen-bond acceptors (Lipinski definition) is 7. The van der Waals surface area contributed by atoms with Crippen molar-refractivity contribution in [1.29, 1.82) is 0 Å². The molecule has 1 aliphatic carbocycles. The molecule has 2 heterocycles. The lowest BCUT2D eigenvalue weighted by molar-refractivity contribution is 0.0181. The lowest BCUT2D eigenvalue weighted by Gasteiger charge is -2.43. The van der Waals surface area contributed by atoms with E-state index in [0.29, 0.717) is 49.1 Å². The van der Waals surface area contributed by atoms with E-state index in [9.17, 15) is 9.90 Å². The number of fused-ring (bicyclic) bond motifs is 1. The van der Waals surface area contributed by atoms with Crippen LogP contribution in [0.3, 0.4) is 0 Å². The Morgan fingerprint density at radius 3 is 2.08 bits per heavy atom. The van der Waals surface area contributed by atoms with Gasteiger partial charge in [0.25, 0.3) is 8.32 Å². The fourth-order valence-electron chi connectivity index (χ4n) is 7.39. The number of piperidine rings is 1. The largest absolute Gasteiger partial charge is 0.492 e. The van der Waals surface area contributed by atoms with Gasteiger partial charge < -0.3 is 28.4 Å². The van der Waals surface area contributed by atoms with Gasteiger partial charge in [0.2, 0.25) is 0 Å². The van der Waals surface area contributed by atoms with Gasteiger partial charge in [0.15, 0.2) is 5.58 Å². The highest BCUT2D eigenvalue weighted by Gasteiger charge is 2.53. The monoisotopic (exact) mass is 698 g/mol. The van der Waals surface area contributed by atoms with E-state index in [2.05, 4.69) is 86.6 Å². The van der Waals surface area contributed by atoms with Crippen LogP contribution in [0.1, 0.15) is 84.9 Å². The van der Waals surface area contributed by atoms with Crippen molar-refractivity contribution < 1.29 is 28.3 Å². The van der Waals surface area contributed by atoms with E-state index < -0.39 is 13.9 Å². The van der Waals surface area contributed by atoms with E-state index in [1.807, 2.05) is 37.8 Å². The van der Waals surface area contributed by atoms with Gasteiger partial charge >= 0.3 is 6.09 Å². The van der Waals surface area contributed by atoms with Crippen LogP contribution >= 0.6 is 0 Å². The average Bonchev–Trinajstić information content (AvgIpc) is 3.75. The number of benzene rings is 3. The Labute approximate surface area is 298 Å². The number of aliphatic hydroxyl groups is 1. The third kappa shape index (κ3) is 7.80. The summed E-state index contributed by atoms with van der Waals surface area (Å²) in [6.45, 7) is 14.9. The van der Waals surface area contributed by atoms with Crippen LogP contribution in [0, 0.1) is 11.3 Å². The van der Waals surface area contributed by atoms with Crippen molar-refractivity contribution in [3.05, 3.63) is 84.1 Å². The third-order valence-corrected chi connectivity index (χ3v) is 15.5. The second-order valence-corrected chi connectivity index (χ2v) is 20.7. The number of ether oxygens (including phenoxy) is 2. The maximum atomic E-state index is 12.5. The lowest BCUT2D eigenvalue weighted by Crippen LogP contribution is -2.67. The molecule has 0 unspecified atom stereocenters. The minimum atomic E-state index is -2.66. The molecule has 2 fully saturated rings. The molecule has 1 aliphatic heterocycles. The first-order valence-electron chi connectivity index (χ1n) is 18.2. The molecule has 9 heteroatoms. The summed E-state index contributed by atoms with van der Waals surface area (Å²) in [5.74, 6) is 1.13. The van der Waals surface area contributed by atoms with Crippen LogP contribution in [0.4, 0.5) is 4.79 Å². The minimum absolute atomic E-state index is 0.0830. The molecule has 1 aromatic heterocycles. The number of amides is 1. The number of aryl methyl sites for hydroxylation is 1. The summed E-state index contributed by atoms with van der Waals surface area (Å²) >= 11 is 0. The molecular formula is C41H54N2O6Si. The number of aromatic nitrogens is 1. The molecule has 1 amide bonds. The van der Waals surface area contributed by atoms with E-state index in [1.165, 1.54) is 10.4 Å². The summed E-state index contributed by atoms with van der Waals surface area (Å²) < 4.78 is 25.2. The number of carbonyl (C=O) groups excluding carboxylic acids is 1. The lowest BCUT2D eigenvalue weighted by atomic mass is 9.91. The van der Waals surface area contributed by atoms with E-state index in [0.717, 1.165) is 49.6 Å². The fourth-order valence-corrected chi connectivity index (χ4v) is 12.1. The molecule has 2 aliphatic rings. The van der Waals surface area contributed by atoms with Crippen LogP contribution in [-0.4, -0.2) is 61.5 Å². The zero-order valence-corrected chi connectivity index (χ0v) is 31.7. The smallest absolute Gasteiger partial charge is 0.410 e. The first-order valence-corrected chi connectivity index (χ1v) is 20.1. The summed E-state index contributed by atoms with van der Waals surface area (Å²) in [5, 5.41) is 18.3. The Hall–Kier alpha value is -3.66. The normalized spacial score (nSPS) is 16.8. The van der Waals surface area contributed by atoms with Gasteiger partial charge in [-0.1, -0.05) is 86.6 Å². The Kier molecular flexibility index (Phi) is 10.5. The first kappa shape index (κ1) is 36.1. The van der Waals surface area contributed by atoms with Gasteiger partial charge in [0.1, 0.15) is 11.4 Å². The van der Waals surface area contributed by atoms with Gasteiger partial charge in [-0.2, -0.15) is 0 Å². The highest BCUT2D eigenvalue weighted by atomic mass is 28.4. The van der Waals surface area contributed by atoms with Crippen LogP contribution in [0.15, 0.2) is 77.3 Å². The zero-order chi connectivity index (χ0) is 35.6. The van der Waals surface area contributed by atoms with Crippen molar-refractivity contribution in [1.82, 2.24) is 10.1 Å². The second kappa shape index (κ2) is 14.5. The molecule has 3 aromatic carbocycles. The maximum Gasteiger partial charge on any atom is 0.410 e. The highest BCUT2D eigenvalue weighted by Crippen LogP contribution is 2.48. The fraction of sp³-hybridized carbons (Fsp3) is 0.512. The van der Waals surface area contributed by atoms with Crippen molar-refractivity contribution in [2.45, 2.75) is 97.3 Å². The zero-order valence-electron chi connectivity index (χ0n) is 30.7. The first-order chi connectivity index (χ1) is 23.8. The molecule has 1 saturated heterocycles. The molecule has 268 valence electrons. The number of carbonyl (C=O) groups is 1. The van der Waals surface area contributed by atoms with Crippen LogP contribution in [0.25, 0.3) is 11.0 Å². The molecule has 0 bridgehead atoms. The van der Waals surface area contributed by atoms with Gasteiger partial charge in [0.05, 0.1) is 24.5 Å². The topological polar surface area (TPSA) is 94.3 Å². The summed E-state index contributed by atoms with van der Waals surface area (Å²) in [6.07, 6.45) is 5.46. The van der Waals surface area contributed by atoms with Crippen molar-refractivity contribution in [3.63, 3.8) is 0 Å². The number of nitrogens with zero attached hydrogens (tertiary/aromatic N) is 2. The average molecular weight is 699 g/mol. The molecular weight excluding hydrogens is 645 g/mol. The van der Waals surface area contributed by atoms with Crippen molar-refractivity contribution >= 4 is 35.8 Å². The molecule has 0 atom stereocenters. The Morgan fingerprint density at radius 1 is 0.920 bits per heavy atom. The molecule has 50 heavy (non-hydrogen) atoms. The number of aliphatic hydroxyl groups excluding tert-OH is 1. The second-order valence-electron chi connectivity index (χ2n) is 16.4. The molecule has 0 spiro atoms. The molecule has 1 N–H and O–H groups in total. The van der Waals surface area contributed by atoms with Gasteiger partial charge in [0, 0.05) is 30.5 Å². The van der Waals surface area contributed by atoms with E-state index >= 15 is 0 Å². The Bertz CT molecular complexity index is 1690. The summed E-state index contributed by atoms with van der Waals surface area (Å²) in [6, 6.07) is 25.5. The number of likely N-dealkylation sites (tertiary alicyclic amines) is 1. The number of rotatable bonds is 12. The molecule has 8 nitrogen and oxygen atoms in total.